The van der Waals surface area contributed by atoms with Gasteiger partial charge in [0.2, 0.25) is 0 Å². The van der Waals surface area contributed by atoms with Crippen molar-refractivity contribution in [3.8, 4) is 11.5 Å². The molecule has 1 unspecified atom stereocenters. The molecular formula is C21H14BrF3N2O6. The van der Waals surface area contributed by atoms with E-state index in [1.807, 2.05) is 5.32 Å². The summed E-state index contributed by atoms with van der Waals surface area (Å²) in [5.74, 6) is -2.90. The third-order valence-electron chi connectivity index (χ3n) is 5.15. The number of benzene rings is 2. The molecule has 33 heavy (non-hydrogen) atoms. The Bertz CT molecular complexity index is 1350. The summed E-state index contributed by atoms with van der Waals surface area (Å²) in [5, 5.41) is 21.6. The number of nitrogens with one attached hydrogen (secondary N) is 1. The van der Waals surface area contributed by atoms with Crippen LogP contribution in [0.2, 0.25) is 0 Å². The molecule has 0 saturated carbocycles. The number of aliphatic carboxylic acids is 1. The summed E-state index contributed by atoms with van der Waals surface area (Å²) in [6.07, 6.45) is -5.37. The van der Waals surface area contributed by atoms with E-state index >= 15 is 0 Å². The molecule has 3 aromatic rings. The molecule has 3 N–H and O–H groups in total. The summed E-state index contributed by atoms with van der Waals surface area (Å²) in [6, 6.07) is 7.30. The van der Waals surface area contributed by atoms with Crippen molar-refractivity contribution in [2.75, 3.05) is 6.54 Å². The topological polar surface area (TPSA) is 118 Å². The van der Waals surface area contributed by atoms with Crippen LogP contribution in [0.5, 0.6) is 11.5 Å². The Balaban J connectivity index is 1.83. The van der Waals surface area contributed by atoms with Crippen LogP contribution < -0.4 is 15.6 Å². The molecule has 1 aliphatic heterocycles. The fourth-order valence-corrected chi connectivity index (χ4v) is 4.15. The lowest BCUT2D eigenvalue weighted by Crippen LogP contribution is -2.38. The molecule has 12 heteroatoms. The van der Waals surface area contributed by atoms with Crippen LogP contribution in [-0.2, 0) is 17.5 Å². The second-order valence-electron chi connectivity index (χ2n) is 7.21. The highest BCUT2D eigenvalue weighted by molar-refractivity contribution is 9.10. The normalized spacial score (nSPS) is 15.2. The summed E-state index contributed by atoms with van der Waals surface area (Å²) < 4.78 is 46.1. The van der Waals surface area contributed by atoms with E-state index in [1.54, 1.807) is 0 Å². The van der Waals surface area contributed by atoms with Crippen LogP contribution in [-0.4, -0.2) is 33.2 Å². The zero-order valence-electron chi connectivity index (χ0n) is 16.4. The number of carboxylic acids is 1. The minimum absolute atomic E-state index is 0.0958. The minimum atomic E-state index is -4.51. The molecular weight excluding hydrogens is 513 g/mol. The molecule has 8 nitrogen and oxygen atoms in total. The first-order valence-electron chi connectivity index (χ1n) is 9.40. The lowest BCUT2D eigenvalue weighted by molar-refractivity contribution is -0.138. The van der Waals surface area contributed by atoms with Crippen LogP contribution in [0, 0.1) is 0 Å². The number of hydrogen-bond donors (Lipinski definition) is 3. The first kappa shape index (κ1) is 22.6. The number of carbonyl (C=O) groups excluding carboxylic acids is 1. The van der Waals surface area contributed by atoms with E-state index in [9.17, 15) is 32.7 Å². The van der Waals surface area contributed by atoms with Gasteiger partial charge in [0.05, 0.1) is 23.0 Å². The average molecular weight is 527 g/mol. The van der Waals surface area contributed by atoms with E-state index in [0.29, 0.717) is 10.0 Å². The van der Waals surface area contributed by atoms with Crippen molar-refractivity contribution >= 4 is 38.7 Å². The van der Waals surface area contributed by atoms with Gasteiger partial charge in [-0.1, -0.05) is 12.1 Å². The summed E-state index contributed by atoms with van der Waals surface area (Å²) >= 11 is 3.26. The first-order chi connectivity index (χ1) is 15.5. The standard InChI is InChI=1S/C21H14BrF3N2O6/c22-11-5-6-12-17-15(11)18(30)16(19(31)26-7-14(28)29)20(32)27(17)8-13(33-12)9-1-3-10(4-2-9)21(23,24)25/h1-6,13,30H,7-8H2,(H,26,31)(H,28,29). The van der Waals surface area contributed by atoms with Crippen molar-refractivity contribution in [2.24, 2.45) is 0 Å². The second-order valence-corrected chi connectivity index (χ2v) is 8.07. The van der Waals surface area contributed by atoms with Crippen molar-refractivity contribution < 1.29 is 37.7 Å². The van der Waals surface area contributed by atoms with Gasteiger partial charge < -0.3 is 20.3 Å². The Hall–Kier alpha value is -3.54. The SMILES string of the molecule is O=C(O)CNC(=O)c1c(O)c2c(Br)ccc3c2n(c1=O)CC(c1ccc(C(F)(F)F)cc1)O3. The molecule has 0 spiro atoms. The molecule has 4 rings (SSSR count). The second kappa shape index (κ2) is 8.10. The number of alkyl halides is 3. The Labute approximate surface area is 191 Å². The number of carbonyl (C=O) groups is 2. The van der Waals surface area contributed by atoms with Crippen molar-refractivity contribution in [3.63, 3.8) is 0 Å². The molecule has 172 valence electrons. The van der Waals surface area contributed by atoms with E-state index in [0.717, 1.165) is 12.1 Å². The minimum Gasteiger partial charge on any atom is -0.506 e. The highest BCUT2D eigenvalue weighted by atomic mass is 79.9. The van der Waals surface area contributed by atoms with E-state index in [1.165, 1.54) is 28.8 Å². The van der Waals surface area contributed by atoms with Gasteiger partial charge in [-0.25, -0.2) is 0 Å². The predicted octanol–water partition coefficient (Wildman–Crippen LogP) is 3.44. The van der Waals surface area contributed by atoms with Crippen molar-refractivity contribution in [1.82, 2.24) is 9.88 Å². The van der Waals surface area contributed by atoms with Crippen LogP contribution in [0.25, 0.3) is 10.9 Å². The zero-order valence-corrected chi connectivity index (χ0v) is 18.0. The van der Waals surface area contributed by atoms with Crippen LogP contribution in [0.15, 0.2) is 45.7 Å². The number of amides is 1. The van der Waals surface area contributed by atoms with Crippen LogP contribution in [0.4, 0.5) is 13.2 Å². The Morgan fingerprint density at radius 1 is 1.18 bits per heavy atom. The number of carboxylic acid groups (broad SMARTS) is 1. The summed E-state index contributed by atoms with van der Waals surface area (Å²) in [7, 11) is 0. The highest BCUT2D eigenvalue weighted by Crippen LogP contribution is 2.42. The van der Waals surface area contributed by atoms with E-state index < -0.39 is 53.1 Å². The zero-order chi connectivity index (χ0) is 24.1. The molecule has 1 amide bonds. The number of nitrogens with zero attached hydrogens (tertiary/aromatic N) is 1. The molecule has 0 radical (unpaired) electrons. The van der Waals surface area contributed by atoms with Gasteiger partial charge in [0.25, 0.3) is 11.5 Å². The maximum absolute atomic E-state index is 13.2. The number of pyridine rings is 1. The number of hydrogen-bond acceptors (Lipinski definition) is 5. The Kier molecular flexibility index (Phi) is 5.56. The molecule has 2 aromatic carbocycles. The highest BCUT2D eigenvalue weighted by Gasteiger charge is 2.33. The predicted molar refractivity (Wildman–Crippen MR) is 112 cm³/mol. The summed E-state index contributed by atoms with van der Waals surface area (Å²) in [5.41, 5.74) is -1.85. The van der Waals surface area contributed by atoms with E-state index in [4.69, 9.17) is 9.84 Å². The van der Waals surface area contributed by atoms with Crippen molar-refractivity contribution in [1.29, 1.82) is 0 Å². The number of aromatic nitrogens is 1. The maximum Gasteiger partial charge on any atom is 0.416 e. The summed E-state index contributed by atoms with van der Waals surface area (Å²) in [6.45, 7) is -0.933. The molecule has 0 fully saturated rings. The smallest absolute Gasteiger partial charge is 0.416 e. The number of rotatable bonds is 4. The fraction of sp³-hybridized carbons (Fsp3) is 0.190. The lowest BCUT2D eigenvalue weighted by atomic mass is 10.0. The Morgan fingerprint density at radius 2 is 1.85 bits per heavy atom. The van der Waals surface area contributed by atoms with Gasteiger partial charge in [-0.3, -0.25) is 19.0 Å². The van der Waals surface area contributed by atoms with Crippen LogP contribution >= 0.6 is 15.9 Å². The van der Waals surface area contributed by atoms with Gasteiger partial charge in [0.15, 0.2) is 0 Å². The molecule has 0 aliphatic carbocycles. The lowest BCUT2D eigenvalue weighted by Gasteiger charge is -2.29. The van der Waals surface area contributed by atoms with Gasteiger partial charge in [-0.15, -0.1) is 0 Å². The molecule has 1 aromatic heterocycles. The molecule has 1 aliphatic rings. The van der Waals surface area contributed by atoms with E-state index in [-0.39, 0.29) is 23.2 Å². The average Bonchev–Trinajstić information content (AvgIpc) is 2.75. The van der Waals surface area contributed by atoms with Crippen LogP contribution in [0.3, 0.4) is 0 Å². The first-order valence-corrected chi connectivity index (χ1v) is 10.2. The van der Waals surface area contributed by atoms with Gasteiger partial charge in [0.1, 0.15) is 29.7 Å². The monoisotopic (exact) mass is 526 g/mol. The quantitative estimate of drug-likeness (QED) is 0.479. The molecule has 1 atom stereocenters. The van der Waals surface area contributed by atoms with Crippen molar-refractivity contribution in [2.45, 2.75) is 18.8 Å². The van der Waals surface area contributed by atoms with Gasteiger partial charge >= 0.3 is 12.1 Å². The van der Waals surface area contributed by atoms with Crippen LogP contribution in [0.1, 0.15) is 27.6 Å². The van der Waals surface area contributed by atoms with Gasteiger partial charge in [-0.05, 0) is 45.8 Å². The third-order valence-corrected chi connectivity index (χ3v) is 5.81. The third kappa shape index (κ3) is 4.01. The summed E-state index contributed by atoms with van der Waals surface area (Å²) in [4.78, 5) is 36.4. The number of aromatic hydroxyl groups is 1. The largest absolute Gasteiger partial charge is 0.506 e. The van der Waals surface area contributed by atoms with Gasteiger partial charge in [0, 0.05) is 4.47 Å². The molecule has 0 saturated heterocycles. The van der Waals surface area contributed by atoms with Crippen molar-refractivity contribution in [3.05, 3.63) is 67.9 Å². The fourth-order valence-electron chi connectivity index (χ4n) is 3.64. The number of ether oxygens (including phenoxy) is 1. The molecule has 2 heterocycles. The van der Waals surface area contributed by atoms with E-state index in [2.05, 4.69) is 15.9 Å². The molecule has 0 bridgehead atoms. The number of halogens is 4. The maximum atomic E-state index is 13.2. The Morgan fingerprint density at radius 3 is 2.45 bits per heavy atom. The van der Waals surface area contributed by atoms with Gasteiger partial charge in [-0.2, -0.15) is 13.2 Å².